The number of amides is 2. The van der Waals surface area contributed by atoms with Gasteiger partial charge in [-0.15, -0.1) is 0 Å². The summed E-state index contributed by atoms with van der Waals surface area (Å²) >= 11 is 0. The summed E-state index contributed by atoms with van der Waals surface area (Å²) in [6.45, 7) is 7.82. The summed E-state index contributed by atoms with van der Waals surface area (Å²) in [7, 11) is 0. The van der Waals surface area contributed by atoms with Gasteiger partial charge in [0.1, 0.15) is 5.60 Å². The second-order valence-electron chi connectivity index (χ2n) is 10.7. The van der Waals surface area contributed by atoms with Crippen LogP contribution in [0.3, 0.4) is 0 Å². The Bertz CT molecular complexity index is 1360. The molecule has 0 atom stereocenters. The molecule has 0 saturated carbocycles. The summed E-state index contributed by atoms with van der Waals surface area (Å²) in [6.07, 6.45) is 5.39. The molecule has 0 radical (unpaired) electrons. The predicted octanol–water partition coefficient (Wildman–Crippen LogP) is 5.89. The Kier molecular flexibility index (Phi) is 10.1. The average molecular weight is 557 g/mol. The Labute approximate surface area is 244 Å². The van der Waals surface area contributed by atoms with E-state index in [0.717, 1.165) is 22.6 Å². The normalized spacial score (nSPS) is 11.2. The average Bonchev–Trinajstić information content (AvgIpc) is 2.94. The van der Waals surface area contributed by atoms with Crippen molar-refractivity contribution < 1.29 is 17.2 Å². The monoisotopic (exact) mass is 556 g/mol. The first kappa shape index (κ1) is 29.4. The van der Waals surface area contributed by atoms with Crippen molar-refractivity contribution in [2.24, 2.45) is 0 Å². The number of anilines is 1. The Morgan fingerprint density at radius 3 is 1.93 bits per heavy atom. The van der Waals surface area contributed by atoms with Gasteiger partial charge in [0.15, 0.2) is 0 Å². The number of rotatable bonds is 11. The predicted molar refractivity (Wildman–Crippen MR) is 162 cm³/mol. The first-order chi connectivity index (χ1) is 19.7. The number of ether oxygens (including phenoxy) is 1. The van der Waals surface area contributed by atoms with Crippen LogP contribution in [0.5, 0.6) is 0 Å². The molecule has 0 aliphatic rings. The van der Waals surface area contributed by atoms with E-state index in [-0.39, 0.29) is 8.76 Å². The minimum Gasteiger partial charge on any atom is -0.444 e. The molecule has 2 amide bonds. The molecule has 0 saturated heterocycles. The zero-order chi connectivity index (χ0) is 29.1. The van der Waals surface area contributed by atoms with Crippen molar-refractivity contribution in [1.29, 1.82) is 0 Å². The van der Waals surface area contributed by atoms with Gasteiger partial charge in [-0.25, -0.2) is 4.79 Å². The molecule has 41 heavy (non-hydrogen) atoms. The van der Waals surface area contributed by atoms with Gasteiger partial charge in [0.25, 0.3) is 5.91 Å². The summed E-state index contributed by atoms with van der Waals surface area (Å²) in [5, 5.41) is 5.66. The molecule has 216 valence electrons. The molecule has 0 aliphatic carbocycles. The molecule has 0 fully saturated rings. The maximum atomic E-state index is 12.8. The molecule has 1 aromatic carbocycles. The van der Waals surface area contributed by atoms with Crippen LogP contribution in [0.1, 0.15) is 56.6 Å². The summed E-state index contributed by atoms with van der Waals surface area (Å²) in [4.78, 5) is 40.3. The van der Waals surface area contributed by atoms with E-state index in [1.807, 2.05) is 87.5 Å². The van der Waals surface area contributed by atoms with E-state index in [2.05, 4.69) is 30.5 Å². The van der Waals surface area contributed by atoms with E-state index in [1.54, 1.807) is 24.7 Å². The molecule has 0 unspecified atom stereocenters. The van der Waals surface area contributed by atoms with Crippen LogP contribution in [0.4, 0.5) is 10.5 Å². The number of aromatic nitrogens is 3. The minimum atomic E-state index is -0.527. The van der Waals surface area contributed by atoms with Gasteiger partial charge in [-0.05, 0) is 81.3 Å². The highest BCUT2D eigenvalue weighted by Gasteiger charge is 2.16. The quantitative estimate of drug-likeness (QED) is 0.237. The zero-order valence-corrected chi connectivity index (χ0v) is 23.7. The number of nitrogens with zero attached hydrogens (tertiary/aromatic N) is 4. The first-order valence-electron chi connectivity index (χ1n) is 13.6. The van der Waals surface area contributed by atoms with Crippen molar-refractivity contribution in [3.63, 3.8) is 0 Å². The van der Waals surface area contributed by atoms with Gasteiger partial charge in [0.2, 0.25) is 0 Å². The van der Waals surface area contributed by atoms with Crippen molar-refractivity contribution in [1.82, 2.24) is 25.2 Å². The molecular formula is C32H40N6O3. The standard InChI is InChI=1S/C32H36N6O3.2H2/c1-32(2,3)41-31(40)35-19-16-24-10-13-26(14-11-24)37-30(39)25-12-15-29(36-20-25)23-38(21-27-8-4-6-17-33-27)22-28-9-5-7-18-34-28;;/h4-15,17-18,20H,16,19,21-23H2,1-3H3,(H,35,40)(H,37,39);2*1H. The SMILES string of the molecule is CC(C)(C)OC(=O)NCCc1ccc(NC(=O)c2ccc(CN(Cc3ccccn3)Cc3ccccn3)nc2)cc1.[HH].[HH]. The van der Waals surface area contributed by atoms with Crippen LogP contribution in [-0.2, 0) is 30.8 Å². The van der Waals surface area contributed by atoms with Gasteiger partial charge in [0, 0.05) is 53.3 Å². The van der Waals surface area contributed by atoms with Crippen LogP contribution < -0.4 is 10.6 Å². The first-order valence-corrected chi connectivity index (χ1v) is 13.6. The number of carbonyl (C=O) groups is 2. The number of benzene rings is 1. The Hall–Kier alpha value is -4.63. The molecule has 0 aliphatic heterocycles. The van der Waals surface area contributed by atoms with Gasteiger partial charge in [0.05, 0.1) is 22.6 Å². The van der Waals surface area contributed by atoms with E-state index in [9.17, 15) is 9.59 Å². The third-order valence-electron chi connectivity index (χ3n) is 5.99. The summed E-state index contributed by atoms with van der Waals surface area (Å²) in [6, 6.07) is 22.9. The van der Waals surface area contributed by atoms with Crippen molar-refractivity contribution in [3.8, 4) is 0 Å². The number of nitrogens with one attached hydrogen (secondary N) is 2. The number of hydrogen-bond donors (Lipinski definition) is 2. The minimum absolute atomic E-state index is 0. The largest absolute Gasteiger partial charge is 0.444 e. The lowest BCUT2D eigenvalue weighted by Gasteiger charge is -2.21. The van der Waals surface area contributed by atoms with Crippen LogP contribution in [-0.4, -0.2) is 44.0 Å². The lowest BCUT2D eigenvalue weighted by molar-refractivity contribution is 0.0528. The van der Waals surface area contributed by atoms with Crippen molar-refractivity contribution >= 4 is 17.7 Å². The van der Waals surface area contributed by atoms with E-state index in [4.69, 9.17) is 4.74 Å². The molecule has 9 heteroatoms. The highest BCUT2D eigenvalue weighted by atomic mass is 16.6. The maximum absolute atomic E-state index is 12.8. The lowest BCUT2D eigenvalue weighted by Crippen LogP contribution is -2.33. The number of pyridine rings is 3. The highest BCUT2D eigenvalue weighted by molar-refractivity contribution is 6.04. The smallest absolute Gasteiger partial charge is 0.407 e. The molecule has 4 aromatic rings. The van der Waals surface area contributed by atoms with E-state index in [1.165, 1.54) is 0 Å². The van der Waals surface area contributed by atoms with Crippen molar-refractivity contribution in [2.75, 3.05) is 11.9 Å². The van der Waals surface area contributed by atoms with E-state index >= 15 is 0 Å². The van der Waals surface area contributed by atoms with E-state index < -0.39 is 11.7 Å². The van der Waals surface area contributed by atoms with Crippen LogP contribution in [0.25, 0.3) is 0 Å². The molecular weight excluding hydrogens is 516 g/mol. The number of hydrogen-bond acceptors (Lipinski definition) is 7. The van der Waals surface area contributed by atoms with Gasteiger partial charge in [-0.1, -0.05) is 24.3 Å². The van der Waals surface area contributed by atoms with Crippen LogP contribution in [0.15, 0.2) is 91.4 Å². The van der Waals surface area contributed by atoms with Gasteiger partial charge >= 0.3 is 6.09 Å². The number of alkyl carbamates (subject to hydrolysis) is 1. The van der Waals surface area contributed by atoms with Crippen molar-refractivity contribution in [3.05, 3.63) is 120 Å². The fourth-order valence-electron chi connectivity index (χ4n) is 4.07. The van der Waals surface area contributed by atoms with Crippen LogP contribution >= 0.6 is 0 Å². The third-order valence-corrected chi connectivity index (χ3v) is 5.99. The van der Waals surface area contributed by atoms with Gasteiger partial charge in [-0.2, -0.15) is 0 Å². The second-order valence-corrected chi connectivity index (χ2v) is 10.7. The van der Waals surface area contributed by atoms with Gasteiger partial charge in [-0.3, -0.25) is 24.6 Å². The molecule has 0 bridgehead atoms. The fourth-order valence-corrected chi connectivity index (χ4v) is 4.07. The number of carbonyl (C=O) groups excluding carboxylic acids is 2. The third kappa shape index (κ3) is 10.1. The highest BCUT2D eigenvalue weighted by Crippen LogP contribution is 2.14. The molecule has 3 aromatic heterocycles. The second kappa shape index (κ2) is 14.1. The fraction of sp³-hybridized carbons (Fsp3) is 0.281. The Morgan fingerprint density at radius 1 is 0.805 bits per heavy atom. The molecule has 3 heterocycles. The Balaban J connectivity index is 0.00000323. The van der Waals surface area contributed by atoms with Gasteiger partial charge < -0.3 is 15.4 Å². The summed E-state index contributed by atoms with van der Waals surface area (Å²) in [5.41, 5.74) is 4.43. The van der Waals surface area contributed by atoms with Crippen LogP contribution in [0.2, 0.25) is 0 Å². The van der Waals surface area contributed by atoms with Crippen LogP contribution in [0, 0.1) is 0 Å². The topological polar surface area (TPSA) is 109 Å². The summed E-state index contributed by atoms with van der Waals surface area (Å²) < 4.78 is 5.24. The Morgan fingerprint density at radius 2 is 1.41 bits per heavy atom. The molecule has 4 rings (SSSR count). The summed E-state index contributed by atoms with van der Waals surface area (Å²) in [5.74, 6) is -0.234. The molecule has 2 N–H and O–H groups in total. The molecule has 0 spiro atoms. The molecule has 9 nitrogen and oxygen atoms in total. The zero-order valence-electron chi connectivity index (χ0n) is 23.7. The van der Waals surface area contributed by atoms with Crippen molar-refractivity contribution in [2.45, 2.75) is 52.4 Å². The lowest BCUT2D eigenvalue weighted by atomic mass is 10.1. The maximum Gasteiger partial charge on any atom is 0.407 e. The van der Waals surface area contributed by atoms with E-state index in [0.29, 0.717) is 43.9 Å².